The molecule has 0 saturated carbocycles. The second-order valence-corrected chi connectivity index (χ2v) is 15.1. The number of carbonyl (C=O) groups is 3. The number of rotatable bonds is 26. The molecule has 0 unspecified atom stereocenters. The van der Waals surface area contributed by atoms with E-state index in [1.807, 2.05) is 48.5 Å². The number of aliphatic hydroxyl groups excluding tert-OH is 6. The maximum Gasteiger partial charge on any atom is 0.233 e. The quantitative estimate of drug-likeness (QED) is 0.0430. The summed E-state index contributed by atoms with van der Waals surface area (Å²) in [7, 11) is 1.60. The van der Waals surface area contributed by atoms with E-state index < -0.39 is 37.1 Å². The Morgan fingerprint density at radius 2 is 1.29 bits per heavy atom. The van der Waals surface area contributed by atoms with Crippen LogP contribution >= 0.6 is 0 Å². The van der Waals surface area contributed by atoms with E-state index in [0.29, 0.717) is 43.5 Å². The number of nitrogens with zero attached hydrogens (tertiary/aromatic N) is 1. The molecule has 13 nitrogen and oxygen atoms in total. The lowest BCUT2D eigenvalue weighted by Gasteiger charge is -2.48. The van der Waals surface area contributed by atoms with E-state index in [4.69, 9.17) is 9.84 Å². The maximum atomic E-state index is 13.6. The lowest BCUT2D eigenvalue weighted by molar-refractivity contribution is -0.131. The van der Waals surface area contributed by atoms with Gasteiger partial charge in [0, 0.05) is 31.6 Å². The van der Waals surface area contributed by atoms with Crippen molar-refractivity contribution < 1.29 is 54.2 Å². The molecule has 1 aliphatic heterocycles. The smallest absolute Gasteiger partial charge is 0.233 e. The summed E-state index contributed by atoms with van der Waals surface area (Å²) in [6.45, 7) is -0.681. The van der Waals surface area contributed by atoms with Gasteiger partial charge in [-0.2, -0.15) is 0 Å². The Labute approximate surface area is 339 Å². The Hall–Kier alpha value is -4.44. The van der Waals surface area contributed by atoms with Crippen LogP contribution < -0.4 is 20.3 Å². The Balaban J connectivity index is 1.10. The van der Waals surface area contributed by atoms with Gasteiger partial charge in [-0.25, -0.2) is 4.39 Å². The molecule has 0 bridgehead atoms. The van der Waals surface area contributed by atoms with Crippen molar-refractivity contribution in [3.05, 3.63) is 95.3 Å². The van der Waals surface area contributed by atoms with Crippen molar-refractivity contribution in [3.63, 3.8) is 0 Å². The highest BCUT2D eigenvalue weighted by atomic mass is 19.1. The van der Waals surface area contributed by atoms with Gasteiger partial charge in [0.05, 0.1) is 37.9 Å². The van der Waals surface area contributed by atoms with E-state index in [9.17, 15) is 44.3 Å². The standard InChI is InChI=1S/C44H60FN3O10/c1-58-34-22-16-31(17-23-34)41-35(24-25-36(50)30-14-18-32(45)19-15-30)44(57)48(41)33-20-12-29(13-21-33)26-46-39(53)10-8-6-4-2-3-5-7-9-11-40(54)47-27-37(51)42(55)43(56)38(52)28-49/h12-23,35-38,41-43,49-52,55-56H,2-11,24-28H2,1H3,(H,46,53)(H,47,54)/t35-,36+,37+,38-,41-,42-,43-/m1/s1. The van der Waals surface area contributed by atoms with Crippen LogP contribution in [-0.4, -0.2) is 93.0 Å². The molecular formula is C44H60FN3O10. The fourth-order valence-electron chi connectivity index (χ4n) is 7.18. The SMILES string of the molecule is COc1ccc([C@@H]2[C@@H](CC[C@H](O)c3ccc(F)cc3)C(=O)N2c2ccc(CNC(=O)CCCCCCCCCCC(=O)NC[C@H](O)[C@@H](O)[C@H](O)[C@H](O)CO)cc2)cc1. The third kappa shape index (κ3) is 13.8. The van der Waals surface area contributed by atoms with Gasteiger partial charge < -0.3 is 50.9 Å². The first-order chi connectivity index (χ1) is 27.9. The Bertz CT molecular complexity index is 1700. The van der Waals surface area contributed by atoms with Crippen LogP contribution in [0.1, 0.15) is 106 Å². The monoisotopic (exact) mass is 809 g/mol. The van der Waals surface area contributed by atoms with E-state index in [1.54, 1.807) is 24.1 Å². The minimum atomic E-state index is -1.73. The molecule has 3 aromatic carbocycles. The van der Waals surface area contributed by atoms with Crippen LogP contribution in [0.5, 0.6) is 5.75 Å². The second kappa shape index (κ2) is 23.8. The van der Waals surface area contributed by atoms with E-state index >= 15 is 0 Å². The first-order valence-electron chi connectivity index (χ1n) is 20.3. The first kappa shape index (κ1) is 46.3. The van der Waals surface area contributed by atoms with Gasteiger partial charge in [0.1, 0.15) is 29.9 Å². The number of ether oxygens (including phenoxy) is 1. The number of anilines is 1. The molecular weight excluding hydrogens is 749 g/mol. The van der Waals surface area contributed by atoms with E-state index in [-0.39, 0.29) is 48.5 Å². The number of hydrogen-bond donors (Lipinski definition) is 8. The zero-order valence-corrected chi connectivity index (χ0v) is 33.2. The van der Waals surface area contributed by atoms with Crippen LogP contribution in [0.2, 0.25) is 0 Å². The Morgan fingerprint density at radius 1 is 0.741 bits per heavy atom. The topological polar surface area (TPSA) is 209 Å². The Kier molecular flexibility index (Phi) is 19.0. The molecule has 1 aliphatic rings. The molecule has 1 fully saturated rings. The van der Waals surface area contributed by atoms with Gasteiger partial charge >= 0.3 is 0 Å². The largest absolute Gasteiger partial charge is 0.497 e. The molecule has 7 atom stereocenters. The fraction of sp³-hybridized carbons (Fsp3) is 0.523. The lowest BCUT2D eigenvalue weighted by Crippen LogP contribution is -2.55. The molecule has 0 spiro atoms. The summed E-state index contributed by atoms with van der Waals surface area (Å²) in [5.74, 6) is -0.357. The molecule has 58 heavy (non-hydrogen) atoms. The highest BCUT2D eigenvalue weighted by molar-refractivity contribution is 6.03. The number of hydrogen-bond acceptors (Lipinski definition) is 10. The van der Waals surface area contributed by atoms with Gasteiger partial charge in [-0.3, -0.25) is 14.4 Å². The van der Waals surface area contributed by atoms with E-state index in [2.05, 4.69) is 10.6 Å². The summed E-state index contributed by atoms with van der Waals surface area (Å²) < 4.78 is 18.7. The highest BCUT2D eigenvalue weighted by Crippen LogP contribution is 2.46. The second-order valence-electron chi connectivity index (χ2n) is 15.1. The zero-order chi connectivity index (χ0) is 42.0. The molecule has 0 radical (unpaired) electrons. The number of unbranched alkanes of at least 4 members (excludes halogenated alkanes) is 7. The van der Waals surface area contributed by atoms with Crippen LogP contribution in [0, 0.1) is 11.7 Å². The lowest BCUT2D eigenvalue weighted by atomic mass is 9.78. The van der Waals surface area contributed by atoms with Crippen LogP contribution in [0.15, 0.2) is 72.8 Å². The van der Waals surface area contributed by atoms with Gasteiger partial charge in [-0.1, -0.05) is 74.9 Å². The van der Waals surface area contributed by atoms with Crippen molar-refractivity contribution in [2.45, 2.75) is 120 Å². The minimum absolute atomic E-state index is 0.0218. The summed E-state index contributed by atoms with van der Waals surface area (Å²) in [4.78, 5) is 39.9. The van der Waals surface area contributed by atoms with Crippen LogP contribution in [0.3, 0.4) is 0 Å². The normalized spacial score (nSPS) is 17.8. The molecule has 8 N–H and O–H groups in total. The summed E-state index contributed by atoms with van der Waals surface area (Å²) in [6, 6.07) is 20.7. The van der Waals surface area contributed by atoms with Gasteiger partial charge in [-0.05, 0) is 78.8 Å². The molecule has 0 aliphatic carbocycles. The molecule has 0 aromatic heterocycles. The number of carbonyl (C=O) groups excluding carboxylic acids is 3. The molecule has 1 saturated heterocycles. The predicted octanol–water partition coefficient (Wildman–Crippen LogP) is 4.12. The fourth-order valence-corrected chi connectivity index (χ4v) is 7.18. The zero-order valence-electron chi connectivity index (χ0n) is 33.2. The van der Waals surface area contributed by atoms with Gasteiger partial charge in [0.15, 0.2) is 0 Å². The average molecular weight is 810 g/mol. The third-order valence-electron chi connectivity index (χ3n) is 10.8. The van der Waals surface area contributed by atoms with Gasteiger partial charge in [-0.15, -0.1) is 0 Å². The van der Waals surface area contributed by atoms with Crippen molar-refractivity contribution >= 4 is 23.4 Å². The molecule has 14 heteroatoms. The third-order valence-corrected chi connectivity index (χ3v) is 10.8. The minimum Gasteiger partial charge on any atom is -0.497 e. The summed E-state index contributed by atoms with van der Waals surface area (Å²) in [6.07, 6.45) is 1.46. The number of β-lactam (4-membered cyclic amide) rings is 1. The number of amides is 3. The molecule has 1 heterocycles. The Morgan fingerprint density at radius 3 is 1.86 bits per heavy atom. The van der Waals surface area contributed by atoms with Crippen molar-refractivity contribution in [2.75, 3.05) is 25.2 Å². The first-order valence-corrected chi connectivity index (χ1v) is 20.3. The van der Waals surface area contributed by atoms with Crippen molar-refractivity contribution in [1.82, 2.24) is 10.6 Å². The molecule has 3 aromatic rings. The number of methoxy groups -OCH3 is 1. The maximum absolute atomic E-state index is 13.6. The van der Waals surface area contributed by atoms with Gasteiger partial charge in [0.2, 0.25) is 17.7 Å². The summed E-state index contributed by atoms with van der Waals surface area (Å²) >= 11 is 0. The number of aliphatic hydroxyl groups is 6. The number of halogens is 1. The van der Waals surface area contributed by atoms with E-state index in [1.165, 1.54) is 12.1 Å². The van der Waals surface area contributed by atoms with Crippen LogP contribution in [0.4, 0.5) is 10.1 Å². The van der Waals surface area contributed by atoms with Crippen molar-refractivity contribution in [2.24, 2.45) is 5.92 Å². The van der Waals surface area contributed by atoms with Crippen LogP contribution in [0.25, 0.3) is 0 Å². The van der Waals surface area contributed by atoms with E-state index in [0.717, 1.165) is 61.8 Å². The summed E-state index contributed by atoms with van der Waals surface area (Å²) in [5.41, 5.74) is 3.21. The molecule has 4 rings (SSSR count). The molecule has 3 amide bonds. The highest BCUT2D eigenvalue weighted by Gasteiger charge is 2.48. The number of nitrogens with one attached hydrogen (secondary N) is 2. The predicted molar refractivity (Wildman–Crippen MR) is 216 cm³/mol. The summed E-state index contributed by atoms with van der Waals surface area (Å²) in [5, 5.41) is 63.8. The van der Waals surface area contributed by atoms with Crippen molar-refractivity contribution in [3.8, 4) is 5.75 Å². The van der Waals surface area contributed by atoms with Crippen molar-refractivity contribution in [1.29, 1.82) is 0 Å². The number of benzene rings is 3. The molecule has 318 valence electrons. The van der Waals surface area contributed by atoms with Gasteiger partial charge in [0.25, 0.3) is 0 Å². The van der Waals surface area contributed by atoms with Crippen LogP contribution in [-0.2, 0) is 20.9 Å². The average Bonchev–Trinajstić information content (AvgIpc) is 3.24.